The Morgan fingerprint density at radius 1 is 0.867 bits per heavy atom. The van der Waals surface area contributed by atoms with E-state index in [9.17, 15) is 24.1 Å². The molecule has 0 bridgehead atoms. The van der Waals surface area contributed by atoms with Crippen LogP contribution in [0, 0.1) is 15.9 Å². The summed E-state index contributed by atoms with van der Waals surface area (Å²) in [4.78, 5) is 34.3. The molecule has 3 aromatic carbocycles. The highest BCUT2D eigenvalue weighted by Gasteiger charge is 2.08. The van der Waals surface area contributed by atoms with Crippen LogP contribution >= 0.6 is 0 Å². The maximum atomic E-state index is 12.9. The van der Waals surface area contributed by atoms with Crippen molar-refractivity contribution in [1.29, 1.82) is 0 Å². The van der Waals surface area contributed by atoms with E-state index in [1.807, 2.05) is 0 Å². The summed E-state index contributed by atoms with van der Waals surface area (Å²) < 4.78 is 12.9. The van der Waals surface area contributed by atoms with Gasteiger partial charge < -0.3 is 5.32 Å². The summed E-state index contributed by atoms with van der Waals surface area (Å²) in [5.74, 6) is -1.30. The SMILES string of the molecule is O=C(N/N=C\c1ccc([N+](=O)[O-])cc1)c1ccc(NC(=O)c2ccc(F)cc2)cc1. The van der Waals surface area contributed by atoms with E-state index in [-0.39, 0.29) is 5.69 Å². The van der Waals surface area contributed by atoms with E-state index in [1.54, 1.807) is 12.1 Å². The monoisotopic (exact) mass is 406 g/mol. The van der Waals surface area contributed by atoms with Crippen LogP contribution < -0.4 is 10.7 Å². The smallest absolute Gasteiger partial charge is 0.271 e. The molecule has 3 rings (SSSR count). The Balaban J connectivity index is 1.56. The van der Waals surface area contributed by atoms with E-state index in [0.29, 0.717) is 22.4 Å². The quantitative estimate of drug-likeness (QED) is 0.369. The normalized spacial score (nSPS) is 10.6. The number of benzene rings is 3. The number of carbonyl (C=O) groups is 2. The number of hydrogen-bond donors (Lipinski definition) is 2. The molecule has 30 heavy (non-hydrogen) atoms. The van der Waals surface area contributed by atoms with Crippen molar-refractivity contribution in [1.82, 2.24) is 5.43 Å². The molecule has 0 unspecified atom stereocenters. The van der Waals surface area contributed by atoms with Crippen molar-refractivity contribution in [2.75, 3.05) is 5.32 Å². The van der Waals surface area contributed by atoms with Gasteiger partial charge in [-0.05, 0) is 66.2 Å². The third-order valence-electron chi connectivity index (χ3n) is 3.99. The number of amides is 2. The van der Waals surface area contributed by atoms with Crippen LogP contribution in [0.2, 0.25) is 0 Å². The molecule has 0 fully saturated rings. The van der Waals surface area contributed by atoms with Gasteiger partial charge in [0, 0.05) is 28.9 Å². The number of hydrazone groups is 1. The predicted octanol–water partition coefficient (Wildman–Crippen LogP) is 3.75. The molecule has 0 aromatic heterocycles. The van der Waals surface area contributed by atoms with Gasteiger partial charge in [-0.1, -0.05) is 0 Å². The second-order valence-corrected chi connectivity index (χ2v) is 6.09. The van der Waals surface area contributed by atoms with E-state index in [1.165, 1.54) is 66.9 Å². The Hall–Kier alpha value is -4.40. The summed E-state index contributed by atoms with van der Waals surface area (Å²) in [6, 6.07) is 16.9. The van der Waals surface area contributed by atoms with Crippen molar-refractivity contribution in [3.05, 3.63) is 105 Å². The maximum Gasteiger partial charge on any atom is 0.271 e. The van der Waals surface area contributed by atoms with Crippen LogP contribution in [-0.4, -0.2) is 23.0 Å². The van der Waals surface area contributed by atoms with Gasteiger partial charge in [0.2, 0.25) is 0 Å². The van der Waals surface area contributed by atoms with E-state index in [2.05, 4.69) is 15.8 Å². The Morgan fingerprint density at radius 2 is 1.43 bits per heavy atom. The molecule has 0 saturated carbocycles. The van der Waals surface area contributed by atoms with Crippen LogP contribution in [-0.2, 0) is 0 Å². The highest BCUT2D eigenvalue weighted by molar-refractivity contribution is 6.04. The minimum atomic E-state index is -0.506. The molecule has 0 atom stereocenters. The number of carbonyl (C=O) groups excluding carboxylic acids is 2. The number of anilines is 1. The van der Waals surface area contributed by atoms with Gasteiger partial charge in [-0.25, -0.2) is 9.82 Å². The fourth-order valence-corrected chi connectivity index (χ4v) is 2.42. The van der Waals surface area contributed by atoms with Gasteiger partial charge in [0.05, 0.1) is 11.1 Å². The molecule has 2 amide bonds. The molecular formula is C21H15FN4O4. The van der Waals surface area contributed by atoms with E-state index in [0.717, 1.165) is 0 Å². The fraction of sp³-hybridized carbons (Fsp3) is 0. The van der Waals surface area contributed by atoms with Crippen LogP contribution in [0.25, 0.3) is 0 Å². The van der Waals surface area contributed by atoms with Crippen LogP contribution in [0.5, 0.6) is 0 Å². The minimum Gasteiger partial charge on any atom is -0.322 e. The fourth-order valence-electron chi connectivity index (χ4n) is 2.42. The molecule has 0 spiro atoms. The highest BCUT2D eigenvalue weighted by atomic mass is 19.1. The van der Waals surface area contributed by atoms with Crippen LogP contribution in [0.1, 0.15) is 26.3 Å². The first-order valence-electron chi connectivity index (χ1n) is 8.67. The lowest BCUT2D eigenvalue weighted by Gasteiger charge is -2.06. The molecule has 0 aliphatic heterocycles. The average Bonchev–Trinajstić information content (AvgIpc) is 2.75. The second kappa shape index (κ2) is 9.20. The standard InChI is InChI=1S/C21H15FN4O4/c22-17-7-3-15(4-8-17)20(27)24-18-9-5-16(6-10-18)21(28)25-23-13-14-1-11-19(12-2-14)26(29)30/h1-13H,(H,24,27)(H,25,28)/b23-13-. The van der Waals surface area contributed by atoms with Crippen molar-refractivity contribution in [3.8, 4) is 0 Å². The van der Waals surface area contributed by atoms with Crippen LogP contribution in [0.15, 0.2) is 77.9 Å². The van der Waals surface area contributed by atoms with Crippen molar-refractivity contribution < 1.29 is 18.9 Å². The number of non-ortho nitro benzene ring substituents is 1. The number of nitrogens with one attached hydrogen (secondary N) is 2. The molecule has 0 aliphatic carbocycles. The first-order chi connectivity index (χ1) is 14.4. The van der Waals surface area contributed by atoms with E-state index >= 15 is 0 Å². The molecule has 0 aliphatic rings. The van der Waals surface area contributed by atoms with Crippen molar-refractivity contribution >= 4 is 29.4 Å². The molecule has 150 valence electrons. The molecule has 8 nitrogen and oxygen atoms in total. The predicted molar refractivity (Wildman–Crippen MR) is 109 cm³/mol. The van der Waals surface area contributed by atoms with Gasteiger partial charge in [0.25, 0.3) is 17.5 Å². The van der Waals surface area contributed by atoms with Gasteiger partial charge in [-0.15, -0.1) is 0 Å². The summed E-state index contributed by atoms with van der Waals surface area (Å²) in [6.45, 7) is 0. The van der Waals surface area contributed by atoms with Gasteiger partial charge >= 0.3 is 0 Å². The third-order valence-corrected chi connectivity index (χ3v) is 3.99. The largest absolute Gasteiger partial charge is 0.322 e. The Bertz CT molecular complexity index is 1100. The van der Waals surface area contributed by atoms with Gasteiger partial charge in [-0.2, -0.15) is 5.10 Å². The summed E-state index contributed by atoms with van der Waals surface area (Å²) in [6.07, 6.45) is 1.36. The Morgan fingerprint density at radius 3 is 2.03 bits per heavy atom. The summed E-state index contributed by atoms with van der Waals surface area (Å²) >= 11 is 0. The molecule has 0 heterocycles. The minimum absolute atomic E-state index is 0.0391. The number of hydrogen-bond acceptors (Lipinski definition) is 5. The number of rotatable bonds is 6. The first-order valence-corrected chi connectivity index (χ1v) is 8.67. The summed E-state index contributed by atoms with van der Waals surface area (Å²) in [5, 5.41) is 17.1. The number of halogens is 1. The van der Waals surface area contributed by atoms with Gasteiger partial charge in [-0.3, -0.25) is 19.7 Å². The van der Waals surface area contributed by atoms with E-state index < -0.39 is 22.6 Å². The van der Waals surface area contributed by atoms with Gasteiger partial charge in [0.15, 0.2) is 0 Å². The van der Waals surface area contributed by atoms with E-state index in [4.69, 9.17) is 0 Å². The highest BCUT2D eigenvalue weighted by Crippen LogP contribution is 2.13. The Labute approximate surface area is 170 Å². The van der Waals surface area contributed by atoms with Crippen molar-refractivity contribution in [3.63, 3.8) is 0 Å². The molecular weight excluding hydrogens is 391 g/mol. The third kappa shape index (κ3) is 5.32. The van der Waals surface area contributed by atoms with Crippen LogP contribution in [0.4, 0.5) is 15.8 Å². The lowest BCUT2D eigenvalue weighted by molar-refractivity contribution is -0.384. The maximum absolute atomic E-state index is 12.9. The number of nitro groups is 1. The second-order valence-electron chi connectivity index (χ2n) is 6.09. The number of nitro benzene ring substituents is 1. The van der Waals surface area contributed by atoms with Crippen molar-refractivity contribution in [2.45, 2.75) is 0 Å². The first kappa shape index (κ1) is 20.3. The van der Waals surface area contributed by atoms with Gasteiger partial charge in [0.1, 0.15) is 5.82 Å². The topological polar surface area (TPSA) is 114 Å². The van der Waals surface area contributed by atoms with Crippen molar-refractivity contribution in [2.24, 2.45) is 5.10 Å². The zero-order valence-corrected chi connectivity index (χ0v) is 15.4. The molecule has 0 radical (unpaired) electrons. The average molecular weight is 406 g/mol. The summed E-state index contributed by atoms with van der Waals surface area (Å²) in [5.41, 5.74) is 3.98. The number of nitrogens with zero attached hydrogens (tertiary/aromatic N) is 2. The zero-order valence-electron chi connectivity index (χ0n) is 15.4. The molecule has 9 heteroatoms. The molecule has 2 N–H and O–H groups in total. The lowest BCUT2D eigenvalue weighted by atomic mass is 10.1. The Kier molecular flexibility index (Phi) is 6.23. The zero-order chi connectivity index (χ0) is 21.5. The summed E-state index contributed by atoms with van der Waals surface area (Å²) in [7, 11) is 0. The molecule has 0 saturated heterocycles. The molecule has 3 aromatic rings. The van der Waals surface area contributed by atoms with Crippen LogP contribution in [0.3, 0.4) is 0 Å². The lowest BCUT2D eigenvalue weighted by Crippen LogP contribution is -2.17.